The summed E-state index contributed by atoms with van der Waals surface area (Å²) >= 11 is 0. The van der Waals surface area contributed by atoms with Crippen molar-refractivity contribution in [2.75, 3.05) is 0 Å². The molecule has 0 aliphatic heterocycles. The molecule has 0 aliphatic carbocycles. The Labute approximate surface area is 272 Å². The van der Waals surface area contributed by atoms with Crippen LogP contribution in [0, 0.1) is 0 Å². The number of imidazole rings is 1. The first-order chi connectivity index (χ1) is 21.3. The van der Waals surface area contributed by atoms with Crippen molar-refractivity contribution in [2.45, 2.75) is 246 Å². The molecule has 0 saturated heterocycles. The molecule has 0 saturated carbocycles. The van der Waals surface area contributed by atoms with Crippen molar-refractivity contribution in [2.24, 2.45) is 0 Å². The molecular weight excluding hydrogens is 520 g/mol. The highest BCUT2D eigenvalue weighted by molar-refractivity contribution is 4.84. The molecule has 2 heteroatoms. The predicted molar refractivity (Wildman–Crippen MR) is 193 cm³/mol. The Hall–Kier alpha value is -0.790. The van der Waals surface area contributed by atoms with E-state index < -0.39 is 0 Å². The summed E-state index contributed by atoms with van der Waals surface area (Å²) in [5.41, 5.74) is 0. The van der Waals surface area contributed by atoms with E-state index in [1.807, 2.05) is 0 Å². The van der Waals surface area contributed by atoms with Gasteiger partial charge in [-0.15, -0.1) is 0 Å². The van der Waals surface area contributed by atoms with Crippen molar-refractivity contribution in [3.63, 3.8) is 0 Å². The second kappa shape index (κ2) is 32.6. The summed E-state index contributed by atoms with van der Waals surface area (Å²) in [6.45, 7) is 9.40. The van der Waals surface area contributed by atoms with Gasteiger partial charge in [-0.1, -0.05) is 194 Å². The first-order valence-electron chi connectivity index (χ1n) is 20.4. The van der Waals surface area contributed by atoms with E-state index in [4.69, 9.17) is 0 Å². The highest BCUT2D eigenvalue weighted by Gasteiger charge is 2.16. The predicted octanol–water partition coefficient (Wildman–Crippen LogP) is 13.9. The molecule has 0 bridgehead atoms. The Morgan fingerprint density at radius 2 is 0.721 bits per heavy atom. The molecule has 1 rings (SSSR count). The van der Waals surface area contributed by atoms with Crippen molar-refractivity contribution in [1.82, 2.24) is 4.57 Å². The van der Waals surface area contributed by atoms with Gasteiger partial charge in [0.15, 0.2) is 0 Å². The maximum absolute atomic E-state index is 2.64. The van der Waals surface area contributed by atoms with Gasteiger partial charge in [-0.25, -0.2) is 9.13 Å². The van der Waals surface area contributed by atoms with Crippen molar-refractivity contribution in [1.29, 1.82) is 0 Å². The lowest BCUT2D eigenvalue weighted by Gasteiger charge is -2.07. The summed E-state index contributed by atoms with van der Waals surface area (Å²) < 4.78 is 5.27. The summed E-state index contributed by atoms with van der Waals surface area (Å²) in [5.74, 6) is 1.62. The zero-order valence-corrected chi connectivity index (χ0v) is 30.3. The van der Waals surface area contributed by atoms with Crippen molar-refractivity contribution in [3.8, 4) is 0 Å². The van der Waals surface area contributed by atoms with Crippen molar-refractivity contribution in [3.05, 3.63) is 18.2 Å². The molecular formula is C41H81N2+. The zero-order valence-electron chi connectivity index (χ0n) is 30.3. The molecule has 0 atom stereocenters. The van der Waals surface area contributed by atoms with Gasteiger partial charge in [-0.05, 0) is 32.1 Å². The maximum atomic E-state index is 2.64. The van der Waals surface area contributed by atoms with E-state index in [1.165, 1.54) is 225 Å². The van der Waals surface area contributed by atoms with E-state index in [2.05, 4.69) is 42.3 Å². The minimum absolute atomic E-state index is 1.23. The summed E-state index contributed by atoms with van der Waals surface area (Å²) in [6.07, 6.45) is 51.9. The molecule has 43 heavy (non-hydrogen) atoms. The molecule has 0 aromatic carbocycles. The molecule has 1 heterocycles. The van der Waals surface area contributed by atoms with Crippen LogP contribution in [0.5, 0.6) is 0 Å². The molecule has 0 fully saturated rings. The number of aromatic nitrogens is 2. The lowest BCUT2D eigenvalue weighted by atomic mass is 10.0. The van der Waals surface area contributed by atoms with Crippen LogP contribution in [0.3, 0.4) is 0 Å². The van der Waals surface area contributed by atoms with Gasteiger partial charge in [0.2, 0.25) is 0 Å². The van der Waals surface area contributed by atoms with Crippen LogP contribution in [-0.4, -0.2) is 4.57 Å². The molecule has 1 aromatic heterocycles. The molecule has 0 amide bonds. The number of aryl methyl sites for hydroxylation is 2. The molecule has 0 aliphatic rings. The van der Waals surface area contributed by atoms with Crippen LogP contribution in [0.1, 0.15) is 232 Å². The fraction of sp³-hybridized carbons (Fsp3) is 0.927. The van der Waals surface area contributed by atoms with Gasteiger partial charge in [-0.2, -0.15) is 0 Å². The van der Waals surface area contributed by atoms with Gasteiger partial charge >= 0.3 is 0 Å². The number of rotatable bonds is 35. The normalized spacial score (nSPS) is 11.6. The SMILES string of the molecule is CCCCCCCCCCCCCCCC[n+]1ccn(CCCCCCCCCCCC)c1CCCCCCCCCC. The molecule has 0 radical (unpaired) electrons. The van der Waals surface area contributed by atoms with Gasteiger partial charge in [0.05, 0.1) is 13.1 Å². The summed E-state index contributed by atoms with van der Waals surface area (Å²) in [7, 11) is 0. The standard InChI is InChI=1S/C41H81N2/c1-4-7-10-13-16-19-21-22-23-24-26-29-32-35-38-43-40-39-42(37-34-31-28-25-20-17-14-11-8-5-2)41(43)36-33-30-27-18-15-12-9-6-3/h39-40H,4-38H2,1-3H3/q+1. The quantitative estimate of drug-likeness (QED) is 0.0540. The Morgan fingerprint density at radius 3 is 1.12 bits per heavy atom. The third kappa shape index (κ3) is 25.1. The summed E-state index contributed by atoms with van der Waals surface area (Å²) in [5, 5.41) is 0. The molecule has 0 N–H and O–H groups in total. The number of nitrogens with zero attached hydrogens (tertiary/aromatic N) is 2. The van der Waals surface area contributed by atoms with Gasteiger partial charge in [-0.3, -0.25) is 0 Å². The Kier molecular flexibility index (Phi) is 30.5. The maximum Gasteiger partial charge on any atom is 0.256 e. The fourth-order valence-electron chi connectivity index (χ4n) is 6.86. The molecule has 0 spiro atoms. The second-order valence-corrected chi connectivity index (χ2v) is 14.1. The van der Waals surface area contributed by atoms with Crippen LogP contribution in [0.4, 0.5) is 0 Å². The van der Waals surface area contributed by atoms with E-state index in [0.717, 1.165) is 0 Å². The highest BCUT2D eigenvalue weighted by Crippen LogP contribution is 2.15. The number of hydrogen-bond acceptors (Lipinski definition) is 0. The number of hydrogen-bond donors (Lipinski definition) is 0. The average molecular weight is 602 g/mol. The molecule has 2 nitrogen and oxygen atoms in total. The van der Waals surface area contributed by atoms with Gasteiger partial charge < -0.3 is 0 Å². The van der Waals surface area contributed by atoms with Crippen LogP contribution in [0.25, 0.3) is 0 Å². The fourth-order valence-corrected chi connectivity index (χ4v) is 6.86. The minimum Gasteiger partial charge on any atom is -0.234 e. The molecule has 1 aromatic rings. The smallest absolute Gasteiger partial charge is 0.234 e. The zero-order chi connectivity index (χ0) is 30.9. The van der Waals surface area contributed by atoms with Crippen LogP contribution in [-0.2, 0) is 19.5 Å². The minimum atomic E-state index is 1.23. The lowest BCUT2D eigenvalue weighted by molar-refractivity contribution is -0.704. The van der Waals surface area contributed by atoms with Gasteiger partial charge in [0.1, 0.15) is 12.4 Å². The van der Waals surface area contributed by atoms with Gasteiger partial charge in [0.25, 0.3) is 5.82 Å². The van der Waals surface area contributed by atoms with E-state index >= 15 is 0 Å². The van der Waals surface area contributed by atoms with Crippen LogP contribution in [0.15, 0.2) is 12.4 Å². The highest BCUT2D eigenvalue weighted by atomic mass is 15.1. The van der Waals surface area contributed by atoms with E-state index in [-0.39, 0.29) is 0 Å². The average Bonchev–Trinajstić information content (AvgIpc) is 3.40. The van der Waals surface area contributed by atoms with Crippen LogP contribution in [0.2, 0.25) is 0 Å². The topological polar surface area (TPSA) is 8.81 Å². The third-order valence-electron chi connectivity index (χ3n) is 9.85. The Balaban J connectivity index is 2.27. The van der Waals surface area contributed by atoms with Crippen LogP contribution < -0.4 is 4.57 Å². The molecule has 0 unspecified atom stereocenters. The number of unbranched alkanes of at least 4 members (excludes halogenated alkanes) is 29. The van der Waals surface area contributed by atoms with E-state index in [0.29, 0.717) is 0 Å². The Bertz CT molecular complexity index is 663. The third-order valence-corrected chi connectivity index (χ3v) is 9.85. The van der Waals surface area contributed by atoms with Crippen molar-refractivity contribution < 1.29 is 4.57 Å². The van der Waals surface area contributed by atoms with E-state index in [9.17, 15) is 0 Å². The Morgan fingerprint density at radius 1 is 0.395 bits per heavy atom. The first kappa shape index (κ1) is 40.2. The van der Waals surface area contributed by atoms with Crippen LogP contribution >= 0.6 is 0 Å². The first-order valence-corrected chi connectivity index (χ1v) is 20.4. The summed E-state index contributed by atoms with van der Waals surface area (Å²) in [4.78, 5) is 0. The van der Waals surface area contributed by atoms with E-state index in [1.54, 1.807) is 5.82 Å². The largest absolute Gasteiger partial charge is 0.256 e. The second-order valence-electron chi connectivity index (χ2n) is 14.1. The lowest BCUT2D eigenvalue weighted by Crippen LogP contribution is -2.37. The summed E-state index contributed by atoms with van der Waals surface area (Å²) in [6, 6.07) is 0. The molecule has 254 valence electrons. The van der Waals surface area contributed by atoms with Crippen molar-refractivity contribution >= 4 is 0 Å². The monoisotopic (exact) mass is 602 g/mol. The van der Waals surface area contributed by atoms with Gasteiger partial charge in [0, 0.05) is 6.42 Å².